The maximum absolute atomic E-state index is 4.77. The molecule has 2 bridgehead atoms. The van der Waals surface area contributed by atoms with Crippen LogP contribution in [0.3, 0.4) is 0 Å². The number of azo groups is 1. The van der Waals surface area contributed by atoms with E-state index in [-0.39, 0.29) is 11.2 Å². The van der Waals surface area contributed by atoms with Crippen LogP contribution in [0.25, 0.3) is 0 Å². The normalized spacial score (nSPS) is 37.9. The molecule has 2 rings (SSSR count). The van der Waals surface area contributed by atoms with Gasteiger partial charge in [-0.2, -0.15) is 15.2 Å². The van der Waals surface area contributed by atoms with Crippen LogP contribution in [0.1, 0.15) is 46.5 Å². The van der Waals surface area contributed by atoms with Crippen LogP contribution in [-0.2, 0) is 0 Å². The van der Waals surface area contributed by atoms with Gasteiger partial charge >= 0.3 is 0 Å². The Bertz CT molecular complexity index is 352. The Labute approximate surface area is 102 Å². The van der Waals surface area contributed by atoms with E-state index in [0.717, 1.165) is 12.3 Å². The second-order valence-electron chi connectivity index (χ2n) is 6.03. The fraction of sp³-hybridized carbons (Fsp3) is 0.917. The van der Waals surface area contributed by atoms with Crippen LogP contribution >= 0.6 is 12.2 Å². The number of fused-ring (bicyclic) bond motifs is 2. The molecule has 2 aliphatic rings. The zero-order valence-corrected chi connectivity index (χ0v) is 11.0. The summed E-state index contributed by atoms with van der Waals surface area (Å²) in [6.45, 7) is 6.16. The maximum atomic E-state index is 4.77. The fourth-order valence-corrected chi connectivity index (χ4v) is 3.03. The van der Waals surface area contributed by atoms with Crippen molar-refractivity contribution in [1.82, 2.24) is 0 Å². The first-order valence-corrected chi connectivity index (χ1v) is 6.39. The van der Waals surface area contributed by atoms with Crippen molar-refractivity contribution in [2.45, 2.75) is 57.7 Å². The Hall–Kier alpha value is -0.600. The summed E-state index contributed by atoms with van der Waals surface area (Å²) >= 11 is 4.77. The molecule has 2 fully saturated rings. The molecule has 0 aliphatic heterocycles. The molecule has 88 valence electrons. The van der Waals surface area contributed by atoms with Crippen LogP contribution in [-0.4, -0.2) is 16.4 Å². The number of aliphatic imine (C=N–C) groups is 1. The zero-order chi connectivity index (χ0) is 11.8. The van der Waals surface area contributed by atoms with Crippen molar-refractivity contribution in [3.8, 4) is 0 Å². The Morgan fingerprint density at radius 3 is 2.50 bits per heavy atom. The lowest BCUT2D eigenvalue weighted by Gasteiger charge is -2.28. The SMILES string of the molecule is CC(C)(C)N=NC1(N=C=S)CC2CCC1C2. The lowest BCUT2D eigenvalue weighted by atomic mass is 9.90. The van der Waals surface area contributed by atoms with Crippen LogP contribution in [0.2, 0.25) is 0 Å². The van der Waals surface area contributed by atoms with E-state index in [1.165, 1.54) is 19.3 Å². The summed E-state index contributed by atoms with van der Waals surface area (Å²) in [6.07, 6.45) is 4.79. The predicted octanol–water partition coefficient (Wildman–Crippen LogP) is 3.86. The van der Waals surface area contributed by atoms with Gasteiger partial charge in [-0.05, 0) is 64.6 Å². The highest BCUT2D eigenvalue weighted by Gasteiger charge is 2.52. The van der Waals surface area contributed by atoms with Crippen molar-refractivity contribution < 1.29 is 0 Å². The largest absolute Gasteiger partial charge is 0.200 e. The van der Waals surface area contributed by atoms with E-state index in [1.807, 2.05) is 0 Å². The molecule has 3 nitrogen and oxygen atoms in total. The van der Waals surface area contributed by atoms with Gasteiger partial charge < -0.3 is 0 Å². The number of nitrogens with zero attached hydrogens (tertiary/aromatic N) is 3. The van der Waals surface area contributed by atoms with Gasteiger partial charge in [-0.1, -0.05) is 0 Å². The lowest BCUT2D eigenvalue weighted by Crippen LogP contribution is -2.31. The highest BCUT2D eigenvalue weighted by atomic mass is 32.1. The van der Waals surface area contributed by atoms with Crippen molar-refractivity contribution in [1.29, 1.82) is 0 Å². The van der Waals surface area contributed by atoms with Gasteiger partial charge in [0.05, 0.1) is 10.7 Å². The van der Waals surface area contributed by atoms with E-state index in [0.29, 0.717) is 5.92 Å². The number of hydrogen-bond donors (Lipinski definition) is 0. The van der Waals surface area contributed by atoms with E-state index < -0.39 is 0 Å². The summed E-state index contributed by atoms with van der Waals surface area (Å²) in [7, 11) is 0. The molecule has 3 unspecified atom stereocenters. The average Bonchev–Trinajstić information content (AvgIpc) is 2.74. The van der Waals surface area contributed by atoms with Crippen molar-refractivity contribution in [3.63, 3.8) is 0 Å². The summed E-state index contributed by atoms with van der Waals surface area (Å²) < 4.78 is 0. The minimum atomic E-state index is -0.363. The lowest BCUT2D eigenvalue weighted by molar-refractivity contribution is 0.265. The smallest absolute Gasteiger partial charge is 0.183 e. The molecule has 0 heterocycles. The summed E-state index contributed by atoms with van der Waals surface area (Å²) in [5.74, 6) is 1.31. The molecule has 4 heteroatoms. The standard InChI is InChI=1S/C12H19N3S/c1-11(2,3)14-15-12(13-8-16)7-9-4-5-10(12)6-9/h9-10H,4-7H2,1-3H3. The summed E-state index contributed by atoms with van der Waals surface area (Å²) in [4.78, 5) is 4.35. The Morgan fingerprint density at radius 2 is 2.06 bits per heavy atom. The maximum Gasteiger partial charge on any atom is 0.183 e. The Kier molecular flexibility index (Phi) is 2.97. The molecule has 0 aromatic heterocycles. The van der Waals surface area contributed by atoms with Crippen molar-refractivity contribution in [2.24, 2.45) is 27.1 Å². The third-order valence-corrected chi connectivity index (χ3v) is 3.64. The van der Waals surface area contributed by atoms with Gasteiger partial charge in [0.15, 0.2) is 5.66 Å². The molecular formula is C12H19N3S. The van der Waals surface area contributed by atoms with Gasteiger partial charge in [-0.15, -0.1) is 0 Å². The minimum Gasteiger partial charge on any atom is -0.200 e. The van der Waals surface area contributed by atoms with Crippen LogP contribution in [0.4, 0.5) is 0 Å². The number of isothiocyanates is 1. The van der Waals surface area contributed by atoms with Gasteiger partial charge in [0, 0.05) is 5.92 Å². The first-order valence-electron chi connectivity index (χ1n) is 5.98. The average molecular weight is 237 g/mol. The zero-order valence-electron chi connectivity index (χ0n) is 10.2. The van der Waals surface area contributed by atoms with Gasteiger partial charge in [0.2, 0.25) is 0 Å². The molecule has 0 saturated heterocycles. The summed E-state index contributed by atoms with van der Waals surface area (Å²) in [6, 6.07) is 0. The second-order valence-corrected chi connectivity index (χ2v) is 6.22. The fourth-order valence-electron chi connectivity index (χ4n) is 2.87. The van der Waals surface area contributed by atoms with Crippen molar-refractivity contribution in [3.05, 3.63) is 0 Å². The predicted molar refractivity (Wildman–Crippen MR) is 67.8 cm³/mol. The van der Waals surface area contributed by atoms with E-state index in [1.54, 1.807) is 0 Å². The second kappa shape index (κ2) is 4.01. The van der Waals surface area contributed by atoms with Crippen molar-refractivity contribution in [2.75, 3.05) is 0 Å². The third-order valence-electron chi connectivity index (χ3n) is 3.55. The molecule has 2 saturated carbocycles. The Balaban J connectivity index is 2.24. The molecule has 0 aromatic rings. The van der Waals surface area contributed by atoms with E-state index in [2.05, 4.69) is 41.2 Å². The molecule has 0 amide bonds. The molecule has 0 N–H and O–H groups in total. The van der Waals surface area contributed by atoms with Gasteiger partial charge in [-0.3, -0.25) is 0 Å². The van der Waals surface area contributed by atoms with Crippen molar-refractivity contribution >= 4 is 17.4 Å². The summed E-state index contributed by atoms with van der Waals surface area (Å²) in [5, 5.41) is 11.4. The van der Waals surface area contributed by atoms with E-state index >= 15 is 0 Å². The monoisotopic (exact) mass is 237 g/mol. The molecule has 16 heavy (non-hydrogen) atoms. The van der Waals surface area contributed by atoms with Gasteiger partial charge in [0.25, 0.3) is 0 Å². The van der Waals surface area contributed by atoms with Gasteiger partial charge in [-0.25, -0.2) is 0 Å². The Morgan fingerprint density at radius 1 is 1.31 bits per heavy atom. The van der Waals surface area contributed by atoms with Crippen LogP contribution in [0.15, 0.2) is 15.2 Å². The molecule has 2 aliphatic carbocycles. The molecule has 3 atom stereocenters. The van der Waals surface area contributed by atoms with Gasteiger partial charge in [0.1, 0.15) is 0 Å². The van der Waals surface area contributed by atoms with Crippen LogP contribution < -0.4 is 0 Å². The quantitative estimate of drug-likeness (QED) is 0.408. The topological polar surface area (TPSA) is 37.1 Å². The number of rotatable bonds is 2. The van der Waals surface area contributed by atoms with Crippen LogP contribution in [0.5, 0.6) is 0 Å². The summed E-state index contributed by atoms with van der Waals surface area (Å²) in [5.41, 5.74) is -0.496. The van der Waals surface area contributed by atoms with E-state index in [9.17, 15) is 0 Å². The molecule has 0 radical (unpaired) electrons. The molecule has 0 spiro atoms. The first kappa shape index (κ1) is 11.9. The molecular weight excluding hydrogens is 218 g/mol. The van der Waals surface area contributed by atoms with E-state index in [4.69, 9.17) is 12.2 Å². The third kappa shape index (κ3) is 2.23. The van der Waals surface area contributed by atoms with Crippen LogP contribution in [0, 0.1) is 11.8 Å². The first-order chi connectivity index (χ1) is 7.45. The molecule has 0 aromatic carbocycles. The highest BCUT2D eigenvalue weighted by molar-refractivity contribution is 7.78. The minimum absolute atomic E-state index is 0.133. The number of thiocarbonyl (C=S) groups is 1. The number of hydrogen-bond acceptors (Lipinski definition) is 4. The highest BCUT2D eigenvalue weighted by Crippen LogP contribution is 2.53.